The normalized spacial score (nSPS) is 26.4. The number of nitriles is 1. The fraction of sp³-hybridized carbons (Fsp3) is 0.417. The second kappa shape index (κ2) is 3.48. The van der Waals surface area contributed by atoms with Crippen molar-refractivity contribution in [3.63, 3.8) is 0 Å². The van der Waals surface area contributed by atoms with Crippen LogP contribution in [0.5, 0.6) is 5.75 Å². The zero-order chi connectivity index (χ0) is 11.9. The van der Waals surface area contributed by atoms with Crippen molar-refractivity contribution in [2.45, 2.75) is 31.6 Å². The van der Waals surface area contributed by atoms with Crippen molar-refractivity contribution in [3.8, 4) is 11.8 Å². The van der Waals surface area contributed by atoms with Crippen LogP contribution in [-0.4, -0.2) is 16.8 Å². The Kier molecular flexibility index (Phi) is 2.38. The average molecular weight is 218 g/mol. The number of benzene rings is 1. The van der Waals surface area contributed by atoms with Crippen LogP contribution in [0.4, 0.5) is 0 Å². The first-order chi connectivity index (χ1) is 7.45. The summed E-state index contributed by atoms with van der Waals surface area (Å²) in [6.45, 7) is 3.58. The van der Waals surface area contributed by atoms with Gasteiger partial charge in [-0.05, 0) is 32.0 Å². The minimum atomic E-state index is -0.783. The third-order valence-electron chi connectivity index (χ3n) is 2.92. The summed E-state index contributed by atoms with van der Waals surface area (Å²) in [5, 5.41) is 18.8. The lowest BCUT2D eigenvalue weighted by molar-refractivity contribution is -0.0571. The van der Waals surface area contributed by atoms with Crippen molar-refractivity contribution in [2.75, 3.05) is 0 Å². The van der Waals surface area contributed by atoms with E-state index in [1.54, 1.807) is 32.0 Å². The molecule has 0 bridgehead atoms. The van der Waals surface area contributed by atoms with Crippen molar-refractivity contribution in [1.82, 2.24) is 0 Å². The third-order valence-corrected chi connectivity index (χ3v) is 2.92. The lowest BCUT2D eigenvalue weighted by atomic mass is 9.86. The highest BCUT2D eigenvalue weighted by atomic mass is 16.5. The van der Waals surface area contributed by atoms with Crippen LogP contribution in [-0.2, 0) is 0 Å². The van der Waals surface area contributed by atoms with Gasteiger partial charge in [0, 0.05) is 5.56 Å². The summed E-state index contributed by atoms with van der Waals surface area (Å²) in [6.07, 6.45) is -0.783. The summed E-state index contributed by atoms with van der Waals surface area (Å²) < 4.78 is 5.66. The van der Waals surface area contributed by atoms with Gasteiger partial charge in [-0.1, -0.05) is 0 Å². The predicted molar refractivity (Wildman–Crippen MR) is 58.8 cm³/mol. The maximum absolute atomic E-state index is 9.98. The highest BCUT2D eigenvalue weighted by Crippen LogP contribution is 2.38. The number of hydrogen-bond acceptors (Lipinski definition) is 4. The standard InChI is InChI=1S/C12H14N2O2/c1-12(2)11(15)10(14)8-5-7(6-13)3-4-9(8)16-12/h3-5,10-11,15H,14H2,1-2H3/t10?,11-/m0/s1. The van der Waals surface area contributed by atoms with E-state index < -0.39 is 17.7 Å². The summed E-state index contributed by atoms with van der Waals surface area (Å²) in [4.78, 5) is 0. The van der Waals surface area contributed by atoms with Gasteiger partial charge in [0.1, 0.15) is 17.5 Å². The largest absolute Gasteiger partial charge is 0.485 e. The quantitative estimate of drug-likeness (QED) is 0.683. The first-order valence-electron chi connectivity index (χ1n) is 5.12. The molecule has 4 nitrogen and oxygen atoms in total. The number of rotatable bonds is 0. The highest BCUT2D eigenvalue weighted by Gasteiger charge is 2.41. The van der Waals surface area contributed by atoms with Crippen LogP contribution in [0, 0.1) is 11.3 Å². The molecule has 0 fully saturated rings. The number of aliphatic hydroxyl groups excluding tert-OH is 1. The van der Waals surface area contributed by atoms with Crippen molar-refractivity contribution in [3.05, 3.63) is 29.3 Å². The number of nitrogens with two attached hydrogens (primary N) is 1. The van der Waals surface area contributed by atoms with Crippen LogP contribution >= 0.6 is 0 Å². The molecule has 1 aliphatic rings. The zero-order valence-electron chi connectivity index (χ0n) is 9.27. The van der Waals surface area contributed by atoms with Crippen LogP contribution in [0.25, 0.3) is 0 Å². The summed E-state index contributed by atoms with van der Waals surface area (Å²) >= 11 is 0. The summed E-state index contributed by atoms with van der Waals surface area (Å²) in [6, 6.07) is 6.59. The summed E-state index contributed by atoms with van der Waals surface area (Å²) in [5.74, 6) is 0.641. The van der Waals surface area contributed by atoms with E-state index in [2.05, 4.69) is 0 Å². The van der Waals surface area contributed by atoms with E-state index in [0.717, 1.165) is 0 Å². The van der Waals surface area contributed by atoms with Crippen LogP contribution in [0.15, 0.2) is 18.2 Å². The highest BCUT2D eigenvalue weighted by molar-refractivity contribution is 5.46. The molecule has 1 aromatic rings. The Morgan fingerprint density at radius 3 is 2.81 bits per heavy atom. The van der Waals surface area contributed by atoms with Crippen LogP contribution in [0.1, 0.15) is 31.0 Å². The van der Waals surface area contributed by atoms with E-state index in [-0.39, 0.29) is 0 Å². The van der Waals surface area contributed by atoms with Gasteiger partial charge in [-0.25, -0.2) is 0 Å². The molecule has 0 amide bonds. The molecule has 1 aromatic carbocycles. The zero-order valence-corrected chi connectivity index (χ0v) is 9.27. The SMILES string of the molecule is CC1(C)Oc2ccc(C#N)cc2C(N)[C@@H]1O. The molecule has 0 spiro atoms. The molecule has 3 N–H and O–H groups in total. The Morgan fingerprint density at radius 1 is 1.50 bits per heavy atom. The smallest absolute Gasteiger partial charge is 0.131 e. The molecule has 2 rings (SSSR count). The molecule has 0 saturated heterocycles. The molecule has 2 atom stereocenters. The molecule has 0 aliphatic carbocycles. The second-order valence-corrected chi connectivity index (χ2v) is 4.54. The second-order valence-electron chi connectivity index (χ2n) is 4.54. The van der Waals surface area contributed by atoms with Crippen LogP contribution < -0.4 is 10.5 Å². The van der Waals surface area contributed by atoms with Crippen molar-refractivity contribution in [2.24, 2.45) is 5.73 Å². The number of hydrogen-bond donors (Lipinski definition) is 2. The molecule has 16 heavy (non-hydrogen) atoms. The fourth-order valence-corrected chi connectivity index (χ4v) is 1.92. The molecule has 4 heteroatoms. The molecule has 0 radical (unpaired) electrons. The molecular formula is C12H14N2O2. The Balaban J connectivity index is 2.52. The van der Waals surface area contributed by atoms with Crippen molar-refractivity contribution >= 4 is 0 Å². The van der Waals surface area contributed by atoms with Gasteiger partial charge >= 0.3 is 0 Å². The van der Waals surface area contributed by atoms with Gasteiger partial charge in [-0.15, -0.1) is 0 Å². The average Bonchev–Trinajstić information content (AvgIpc) is 2.25. The van der Waals surface area contributed by atoms with Crippen molar-refractivity contribution in [1.29, 1.82) is 5.26 Å². The van der Waals surface area contributed by atoms with Gasteiger partial charge in [-0.3, -0.25) is 0 Å². The lowest BCUT2D eigenvalue weighted by Gasteiger charge is -2.40. The van der Waals surface area contributed by atoms with Gasteiger partial charge < -0.3 is 15.6 Å². The fourth-order valence-electron chi connectivity index (χ4n) is 1.92. The Morgan fingerprint density at radius 2 is 2.19 bits per heavy atom. The molecular weight excluding hydrogens is 204 g/mol. The number of nitrogens with zero attached hydrogens (tertiary/aromatic N) is 1. The molecule has 84 valence electrons. The van der Waals surface area contributed by atoms with E-state index in [4.69, 9.17) is 15.7 Å². The Bertz CT molecular complexity index is 463. The number of ether oxygens (including phenoxy) is 1. The van der Waals surface area contributed by atoms with Crippen LogP contribution in [0.2, 0.25) is 0 Å². The first kappa shape index (κ1) is 10.9. The predicted octanol–water partition coefficient (Wildman–Crippen LogP) is 1.09. The van der Waals surface area contributed by atoms with Gasteiger partial charge in [-0.2, -0.15) is 5.26 Å². The van der Waals surface area contributed by atoms with Gasteiger partial charge in [0.2, 0.25) is 0 Å². The minimum Gasteiger partial charge on any atom is -0.485 e. The minimum absolute atomic E-state index is 0.518. The maximum atomic E-state index is 9.98. The van der Waals surface area contributed by atoms with Gasteiger partial charge in [0.15, 0.2) is 0 Å². The Labute approximate surface area is 94.3 Å². The molecule has 1 heterocycles. The number of aliphatic hydroxyl groups is 1. The first-order valence-corrected chi connectivity index (χ1v) is 5.12. The van der Waals surface area contributed by atoms with Crippen molar-refractivity contribution < 1.29 is 9.84 Å². The number of fused-ring (bicyclic) bond motifs is 1. The summed E-state index contributed by atoms with van der Waals surface area (Å²) in [7, 11) is 0. The maximum Gasteiger partial charge on any atom is 0.131 e. The summed E-state index contributed by atoms with van der Waals surface area (Å²) in [5.41, 5.74) is 6.45. The lowest BCUT2D eigenvalue weighted by Crippen LogP contribution is -2.51. The van der Waals surface area contributed by atoms with E-state index in [1.807, 2.05) is 6.07 Å². The molecule has 0 aromatic heterocycles. The molecule has 0 saturated carbocycles. The van der Waals surface area contributed by atoms with Crippen LogP contribution in [0.3, 0.4) is 0 Å². The van der Waals surface area contributed by atoms with E-state index in [9.17, 15) is 5.11 Å². The monoisotopic (exact) mass is 218 g/mol. The topological polar surface area (TPSA) is 79.3 Å². The van der Waals surface area contributed by atoms with E-state index >= 15 is 0 Å². The Hall–Kier alpha value is -1.57. The van der Waals surface area contributed by atoms with Gasteiger partial charge in [0.25, 0.3) is 0 Å². The molecule has 1 aliphatic heterocycles. The molecule has 1 unspecified atom stereocenters. The van der Waals surface area contributed by atoms with Gasteiger partial charge in [0.05, 0.1) is 17.7 Å². The van der Waals surface area contributed by atoms with E-state index in [0.29, 0.717) is 16.9 Å². The van der Waals surface area contributed by atoms with E-state index in [1.165, 1.54) is 0 Å². The third kappa shape index (κ3) is 1.54.